The van der Waals surface area contributed by atoms with Crippen LogP contribution in [0.4, 0.5) is 0 Å². The Morgan fingerprint density at radius 3 is 2.93 bits per heavy atom. The summed E-state index contributed by atoms with van der Waals surface area (Å²) in [6, 6.07) is 2.09. The summed E-state index contributed by atoms with van der Waals surface area (Å²) in [7, 11) is 0. The van der Waals surface area contributed by atoms with Crippen molar-refractivity contribution >= 4 is 12.4 Å². The first-order valence-electron chi connectivity index (χ1n) is 4.95. The van der Waals surface area contributed by atoms with Crippen molar-refractivity contribution < 1.29 is 4.52 Å². The average Bonchev–Trinajstić information content (AvgIpc) is 2.88. The van der Waals surface area contributed by atoms with E-state index in [0.717, 1.165) is 17.9 Å². The summed E-state index contributed by atoms with van der Waals surface area (Å²) in [6.45, 7) is 2.84. The van der Waals surface area contributed by atoms with Crippen LogP contribution in [0, 0.1) is 5.92 Å². The van der Waals surface area contributed by atoms with Gasteiger partial charge in [0, 0.05) is 12.0 Å². The van der Waals surface area contributed by atoms with E-state index in [4.69, 9.17) is 10.3 Å². The SMILES string of the molecule is CC(CN)Cc1cc(C2CC2)on1.Cl. The van der Waals surface area contributed by atoms with Crippen LogP contribution in [-0.4, -0.2) is 11.7 Å². The van der Waals surface area contributed by atoms with E-state index in [1.54, 1.807) is 0 Å². The molecule has 80 valence electrons. The molecular weight excluding hydrogens is 200 g/mol. The van der Waals surface area contributed by atoms with Gasteiger partial charge in [-0.05, 0) is 31.7 Å². The zero-order valence-electron chi connectivity index (χ0n) is 8.40. The largest absolute Gasteiger partial charge is 0.361 e. The van der Waals surface area contributed by atoms with Crippen molar-refractivity contribution in [2.75, 3.05) is 6.54 Å². The first-order chi connectivity index (χ1) is 6.29. The molecule has 0 saturated heterocycles. The molecule has 4 heteroatoms. The number of nitrogens with zero attached hydrogens (tertiary/aromatic N) is 1. The predicted octanol–water partition coefficient (Wildman–Crippen LogP) is 2.11. The molecule has 1 atom stereocenters. The Balaban J connectivity index is 0.000000980. The second-order valence-corrected chi connectivity index (χ2v) is 4.04. The van der Waals surface area contributed by atoms with Crippen LogP contribution in [0.25, 0.3) is 0 Å². The highest BCUT2D eigenvalue weighted by Gasteiger charge is 2.27. The molecule has 1 aliphatic carbocycles. The fraction of sp³-hybridized carbons (Fsp3) is 0.700. The van der Waals surface area contributed by atoms with Crippen LogP contribution in [-0.2, 0) is 6.42 Å². The molecule has 1 heterocycles. The molecule has 1 unspecified atom stereocenters. The number of nitrogens with two attached hydrogens (primary N) is 1. The zero-order valence-corrected chi connectivity index (χ0v) is 9.22. The van der Waals surface area contributed by atoms with E-state index in [1.165, 1.54) is 12.8 Å². The molecule has 2 N–H and O–H groups in total. The summed E-state index contributed by atoms with van der Waals surface area (Å²) in [5, 5.41) is 4.03. The Labute approximate surface area is 90.4 Å². The van der Waals surface area contributed by atoms with Gasteiger partial charge in [0.15, 0.2) is 0 Å². The molecule has 0 aliphatic heterocycles. The first kappa shape index (κ1) is 11.5. The lowest BCUT2D eigenvalue weighted by atomic mass is 10.1. The van der Waals surface area contributed by atoms with E-state index >= 15 is 0 Å². The summed E-state index contributed by atoms with van der Waals surface area (Å²) in [5.41, 5.74) is 6.60. The quantitative estimate of drug-likeness (QED) is 0.839. The van der Waals surface area contributed by atoms with Gasteiger partial charge in [0.25, 0.3) is 0 Å². The summed E-state index contributed by atoms with van der Waals surface area (Å²) in [6.07, 6.45) is 3.47. The lowest BCUT2D eigenvalue weighted by Gasteiger charge is -2.02. The van der Waals surface area contributed by atoms with E-state index in [-0.39, 0.29) is 12.4 Å². The molecule has 1 aromatic heterocycles. The maximum absolute atomic E-state index is 5.54. The van der Waals surface area contributed by atoms with Crippen molar-refractivity contribution in [1.82, 2.24) is 5.16 Å². The molecule has 14 heavy (non-hydrogen) atoms. The Kier molecular flexibility index (Phi) is 3.96. The van der Waals surface area contributed by atoms with Gasteiger partial charge in [0.1, 0.15) is 5.76 Å². The smallest absolute Gasteiger partial charge is 0.140 e. The third-order valence-corrected chi connectivity index (χ3v) is 2.52. The zero-order chi connectivity index (χ0) is 9.26. The van der Waals surface area contributed by atoms with Gasteiger partial charge < -0.3 is 10.3 Å². The molecular formula is C10H17ClN2O. The van der Waals surface area contributed by atoms with E-state index in [0.29, 0.717) is 18.4 Å². The minimum Gasteiger partial charge on any atom is -0.361 e. The Morgan fingerprint density at radius 2 is 2.36 bits per heavy atom. The van der Waals surface area contributed by atoms with Gasteiger partial charge in [-0.1, -0.05) is 12.1 Å². The van der Waals surface area contributed by atoms with Crippen molar-refractivity contribution in [2.24, 2.45) is 11.7 Å². The Bertz CT molecular complexity index is 283. The van der Waals surface area contributed by atoms with Crippen LogP contribution >= 0.6 is 12.4 Å². The van der Waals surface area contributed by atoms with Crippen molar-refractivity contribution in [3.63, 3.8) is 0 Å². The second kappa shape index (κ2) is 4.80. The predicted molar refractivity (Wildman–Crippen MR) is 57.6 cm³/mol. The highest BCUT2D eigenvalue weighted by Crippen LogP contribution is 2.40. The fourth-order valence-electron chi connectivity index (χ4n) is 1.43. The van der Waals surface area contributed by atoms with Crippen molar-refractivity contribution in [3.8, 4) is 0 Å². The molecule has 1 aromatic rings. The number of rotatable bonds is 4. The van der Waals surface area contributed by atoms with Crippen LogP contribution in [0.15, 0.2) is 10.6 Å². The molecule has 3 nitrogen and oxygen atoms in total. The van der Waals surface area contributed by atoms with E-state index in [9.17, 15) is 0 Å². The standard InChI is InChI=1S/C10H16N2O.ClH/c1-7(6-11)4-9-5-10(13-12-9)8-2-3-8;/h5,7-8H,2-4,6,11H2,1H3;1H. The summed E-state index contributed by atoms with van der Waals surface area (Å²) in [5.74, 6) is 2.23. The van der Waals surface area contributed by atoms with Gasteiger partial charge >= 0.3 is 0 Å². The van der Waals surface area contributed by atoms with Crippen molar-refractivity contribution in [3.05, 3.63) is 17.5 Å². The molecule has 0 radical (unpaired) electrons. The van der Waals surface area contributed by atoms with Crippen LogP contribution < -0.4 is 5.73 Å². The normalized spacial score (nSPS) is 17.6. The van der Waals surface area contributed by atoms with E-state index in [1.807, 2.05) is 0 Å². The monoisotopic (exact) mass is 216 g/mol. The topological polar surface area (TPSA) is 52.0 Å². The highest BCUT2D eigenvalue weighted by molar-refractivity contribution is 5.85. The van der Waals surface area contributed by atoms with Crippen molar-refractivity contribution in [1.29, 1.82) is 0 Å². The Morgan fingerprint density at radius 1 is 1.64 bits per heavy atom. The number of hydrogen-bond donors (Lipinski definition) is 1. The summed E-state index contributed by atoms with van der Waals surface area (Å²) >= 11 is 0. The molecule has 2 rings (SSSR count). The molecule has 1 aliphatic rings. The van der Waals surface area contributed by atoms with Crippen LogP contribution in [0.1, 0.15) is 37.1 Å². The highest BCUT2D eigenvalue weighted by atomic mass is 35.5. The number of hydrogen-bond acceptors (Lipinski definition) is 3. The maximum Gasteiger partial charge on any atom is 0.140 e. The first-order valence-corrected chi connectivity index (χ1v) is 4.95. The lowest BCUT2D eigenvalue weighted by Crippen LogP contribution is -2.13. The van der Waals surface area contributed by atoms with Gasteiger partial charge in [-0.25, -0.2) is 0 Å². The van der Waals surface area contributed by atoms with Gasteiger partial charge in [0.05, 0.1) is 5.69 Å². The number of halogens is 1. The minimum absolute atomic E-state index is 0. The Hall–Kier alpha value is -0.540. The third kappa shape index (κ3) is 2.72. The van der Waals surface area contributed by atoms with Crippen LogP contribution in [0.2, 0.25) is 0 Å². The molecule has 0 aromatic carbocycles. The summed E-state index contributed by atoms with van der Waals surface area (Å²) < 4.78 is 5.24. The molecule has 1 saturated carbocycles. The lowest BCUT2D eigenvalue weighted by molar-refractivity contribution is 0.374. The number of aromatic nitrogens is 1. The molecule has 0 bridgehead atoms. The van der Waals surface area contributed by atoms with Crippen LogP contribution in [0.5, 0.6) is 0 Å². The minimum atomic E-state index is 0. The van der Waals surface area contributed by atoms with Gasteiger partial charge in [-0.2, -0.15) is 0 Å². The van der Waals surface area contributed by atoms with E-state index < -0.39 is 0 Å². The second-order valence-electron chi connectivity index (χ2n) is 4.04. The summed E-state index contributed by atoms with van der Waals surface area (Å²) in [4.78, 5) is 0. The molecule has 0 amide bonds. The van der Waals surface area contributed by atoms with Gasteiger partial charge in [0.2, 0.25) is 0 Å². The average molecular weight is 217 g/mol. The van der Waals surface area contributed by atoms with Crippen LogP contribution in [0.3, 0.4) is 0 Å². The van der Waals surface area contributed by atoms with Gasteiger partial charge in [-0.15, -0.1) is 12.4 Å². The molecule has 0 spiro atoms. The third-order valence-electron chi connectivity index (χ3n) is 2.52. The maximum atomic E-state index is 5.54. The van der Waals surface area contributed by atoms with Crippen molar-refractivity contribution in [2.45, 2.75) is 32.1 Å². The fourth-order valence-corrected chi connectivity index (χ4v) is 1.43. The van der Waals surface area contributed by atoms with E-state index in [2.05, 4.69) is 18.1 Å². The van der Waals surface area contributed by atoms with Gasteiger partial charge in [-0.3, -0.25) is 0 Å². The molecule has 1 fully saturated rings.